The Morgan fingerprint density at radius 1 is 0.614 bits per heavy atom. The molecule has 2 nitrogen and oxygen atoms in total. The summed E-state index contributed by atoms with van der Waals surface area (Å²) in [5.41, 5.74) is 13.4. The van der Waals surface area contributed by atoms with Crippen LogP contribution in [-0.4, -0.2) is 5.54 Å². The van der Waals surface area contributed by atoms with Crippen LogP contribution in [0.1, 0.15) is 109 Å². The number of nitrogens with zero attached hydrogens (tertiary/aromatic N) is 2. The van der Waals surface area contributed by atoms with E-state index in [1.54, 1.807) is 0 Å². The fourth-order valence-corrected chi connectivity index (χ4v) is 7.92. The Bertz CT molecular complexity index is 1640. The van der Waals surface area contributed by atoms with Gasteiger partial charge in [0.1, 0.15) is 0 Å². The molecule has 2 atom stereocenters. The third kappa shape index (κ3) is 5.05. The number of benzene rings is 4. The molecule has 2 aliphatic rings. The molecule has 0 saturated heterocycles. The first-order chi connectivity index (χ1) is 20.6. The molecule has 230 valence electrons. The lowest BCUT2D eigenvalue weighted by Gasteiger charge is -2.50. The lowest BCUT2D eigenvalue weighted by Crippen LogP contribution is -2.54. The lowest BCUT2D eigenvalue weighted by molar-refractivity contribution is 0.195. The quantitative estimate of drug-likeness (QED) is 0.235. The van der Waals surface area contributed by atoms with Gasteiger partial charge in [0.05, 0.1) is 5.54 Å². The molecule has 4 aromatic rings. The molecular weight excluding hydrogens is 532 g/mol. The van der Waals surface area contributed by atoms with Crippen LogP contribution in [0.5, 0.6) is 0 Å². The third-order valence-corrected chi connectivity index (χ3v) is 10.8. The topological polar surface area (TPSA) is 6.48 Å². The Morgan fingerprint density at radius 3 is 1.80 bits per heavy atom. The second-order valence-corrected chi connectivity index (χ2v) is 16.1. The molecule has 1 aliphatic carbocycles. The molecule has 1 fully saturated rings. The number of aryl methyl sites for hydroxylation is 2. The number of anilines is 5. The summed E-state index contributed by atoms with van der Waals surface area (Å²) in [7, 11) is 0. The van der Waals surface area contributed by atoms with Crippen molar-refractivity contribution in [2.45, 2.75) is 117 Å². The molecular formula is C42H52N2. The largest absolute Gasteiger partial charge is 0.334 e. The summed E-state index contributed by atoms with van der Waals surface area (Å²) in [6.45, 7) is 23.4. The fraction of sp³-hybridized carbons (Fsp3) is 0.429. The van der Waals surface area contributed by atoms with Crippen molar-refractivity contribution in [3.63, 3.8) is 0 Å². The maximum Gasteiger partial charge on any atom is 0.0517 e. The van der Waals surface area contributed by atoms with Gasteiger partial charge in [0, 0.05) is 33.9 Å². The van der Waals surface area contributed by atoms with Gasteiger partial charge in [-0.05, 0) is 115 Å². The summed E-state index contributed by atoms with van der Waals surface area (Å²) in [5, 5.41) is 0. The maximum absolute atomic E-state index is 2.72. The summed E-state index contributed by atoms with van der Waals surface area (Å²) in [6, 6.07) is 32.7. The first-order valence-electron chi connectivity index (χ1n) is 16.7. The predicted octanol–water partition coefficient (Wildman–Crippen LogP) is 12.1. The first-order valence-corrected chi connectivity index (χ1v) is 16.7. The zero-order valence-corrected chi connectivity index (χ0v) is 28.8. The molecule has 0 aromatic heterocycles. The van der Waals surface area contributed by atoms with Crippen LogP contribution >= 0.6 is 0 Å². The molecule has 6 rings (SSSR count). The van der Waals surface area contributed by atoms with Crippen LogP contribution in [-0.2, 0) is 16.2 Å². The summed E-state index contributed by atoms with van der Waals surface area (Å²) in [4.78, 5) is 5.20. The number of fused-ring (bicyclic) bond motifs is 3. The van der Waals surface area contributed by atoms with Crippen LogP contribution in [0.25, 0.3) is 0 Å². The highest BCUT2D eigenvalue weighted by Crippen LogP contribution is 2.61. The molecule has 4 aromatic carbocycles. The fourth-order valence-electron chi connectivity index (χ4n) is 7.92. The predicted molar refractivity (Wildman–Crippen MR) is 191 cm³/mol. The Hall–Kier alpha value is -3.52. The van der Waals surface area contributed by atoms with Gasteiger partial charge in [0.15, 0.2) is 0 Å². The number of rotatable bonds is 4. The third-order valence-electron chi connectivity index (χ3n) is 10.8. The van der Waals surface area contributed by atoms with Gasteiger partial charge in [-0.25, -0.2) is 0 Å². The minimum atomic E-state index is 0.0234. The van der Waals surface area contributed by atoms with Crippen molar-refractivity contribution < 1.29 is 0 Å². The molecule has 1 saturated carbocycles. The van der Waals surface area contributed by atoms with Crippen molar-refractivity contribution in [1.82, 2.24) is 0 Å². The van der Waals surface area contributed by atoms with Crippen molar-refractivity contribution in [2.24, 2.45) is 0 Å². The van der Waals surface area contributed by atoms with E-state index in [0.717, 1.165) is 0 Å². The molecule has 0 spiro atoms. The van der Waals surface area contributed by atoms with Crippen molar-refractivity contribution in [3.05, 3.63) is 113 Å². The molecule has 0 N–H and O–H groups in total. The second kappa shape index (κ2) is 10.5. The zero-order valence-electron chi connectivity index (χ0n) is 28.8. The van der Waals surface area contributed by atoms with Gasteiger partial charge in [-0.15, -0.1) is 0 Å². The molecule has 1 aliphatic heterocycles. The summed E-state index contributed by atoms with van der Waals surface area (Å²) < 4.78 is 0. The van der Waals surface area contributed by atoms with E-state index in [-0.39, 0.29) is 21.8 Å². The van der Waals surface area contributed by atoms with E-state index in [2.05, 4.69) is 164 Å². The van der Waals surface area contributed by atoms with Crippen LogP contribution in [0.3, 0.4) is 0 Å². The molecule has 0 bridgehead atoms. The normalized spacial score (nSPS) is 21.6. The smallest absolute Gasteiger partial charge is 0.0517 e. The highest BCUT2D eigenvalue weighted by Gasteiger charge is 2.57. The van der Waals surface area contributed by atoms with Crippen LogP contribution in [0.4, 0.5) is 28.4 Å². The van der Waals surface area contributed by atoms with E-state index in [9.17, 15) is 0 Å². The van der Waals surface area contributed by atoms with Gasteiger partial charge in [0.2, 0.25) is 0 Å². The van der Waals surface area contributed by atoms with E-state index in [4.69, 9.17) is 0 Å². The van der Waals surface area contributed by atoms with E-state index in [1.807, 2.05) is 0 Å². The standard InChI is InChI=1S/C42H52N2/c1-29-19-20-38-37(25-29)41(9)21-11-12-22-42(41,10)44(38)36-24-30(2)23-35(28-36)43(33-17-13-15-31(26-33)39(3,4)5)34-18-14-16-32(27-34)40(6,7)8/h13-20,23-28H,11-12,21-22H2,1-10H3. The van der Waals surface area contributed by atoms with Crippen LogP contribution in [0.15, 0.2) is 84.9 Å². The van der Waals surface area contributed by atoms with E-state index in [1.165, 1.54) is 81.9 Å². The Labute approximate surface area is 267 Å². The summed E-state index contributed by atoms with van der Waals surface area (Å²) >= 11 is 0. The summed E-state index contributed by atoms with van der Waals surface area (Å²) in [6.07, 6.45) is 5.01. The Morgan fingerprint density at radius 2 is 1.20 bits per heavy atom. The molecule has 44 heavy (non-hydrogen) atoms. The van der Waals surface area contributed by atoms with E-state index < -0.39 is 0 Å². The zero-order chi connectivity index (χ0) is 31.7. The SMILES string of the molecule is Cc1cc(N(c2cccc(C(C)(C)C)c2)c2cccc(C(C)(C)C)c2)cc(N2c3ccc(C)cc3C3(C)CCCCC23C)c1. The van der Waals surface area contributed by atoms with Gasteiger partial charge >= 0.3 is 0 Å². The van der Waals surface area contributed by atoms with Gasteiger partial charge < -0.3 is 9.80 Å². The monoisotopic (exact) mass is 584 g/mol. The second-order valence-electron chi connectivity index (χ2n) is 16.1. The Balaban J connectivity index is 1.57. The lowest BCUT2D eigenvalue weighted by atomic mass is 9.61. The highest BCUT2D eigenvalue weighted by molar-refractivity contribution is 5.83. The van der Waals surface area contributed by atoms with Crippen LogP contribution in [0, 0.1) is 13.8 Å². The van der Waals surface area contributed by atoms with Crippen LogP contribution in [0.2, 0.25) is 0 Å². The van der Waals surface area contributed by atoms with Crippen molar-refractivity contribution in [3.8, 4) is 0 Å². The van der Waals surface area contributed by atoms with Crippen molar-refractivity contribution in [2.75, 3.05) is 9.80 Å². The number of hydrogen-bond acceptors (Lipinski definition) is 2. The molecule has 1 heterocycles. The van der Waals surface area contributed by atoms with Crippen molar-refractivity contribution in [1.29, 1.82) is 0 Å². The Kier molecular flexibility index (Phi) is 7.31. The average Bonchev–Trinajstić information content (AvgIpc) is 3.15. The van der Waals surface area contributed by atoms with Gasteiger partial charge in [-0.2, -0.15) is 0 Å². The molecule has 2 unspecified atom stereocenters. The van der Waals surface area contributed by atoms with Gasteiger partial charge in [-0.3, -0.25) is 0 Å². The maximum atomic E-state index is 2.72. The number of hydrogen-bond donors (Lipinski definition) is 0. The van der Waals surface area contributed by atoms with Crippen molar-refractivity contribution >= 4 is 28.4 Å². The molecule has 0 radical (unpaired) electrons. The molecule has 0 amide bonds. The minimum Gasteiger partial charge on any atom is -0.334 e. The minimum absolute atomic E-state index is 0.0234. The summed E-state index contributed by atoms with van der Waals surface area (Å²) in [5.74, 6) is 0. The van der Waals surface area contributed by atoms with E-state index >= 15 is 0 Å². The van der Waals surface area contributed by atoms with Crippen LogP contribution < -0.4 is 9.80 Å². The van der Waals surface area contributed by atoms with E-state index in [0.29, 0.717) is 0 Å². The molecule has 2 heteroatoms. The van der Waals surface area contributed by atoms with Gasteiger partial charge in [0.25, 0.3) is 0 Å². The highest BCUT2D eigenvalue weighted by atomic mass is 15.3. The average molecular weight is 585 g/mol. The van der Waals surface area contributed by atoms with Gasteiger partial charge in [-0.1, -0.05) is 103 Å². The first kappa shape index (κ1) is 30.5.